The van der Waals surface area contributed by atoms with Gasteiger partial charge in [-0.3, -0.25) is 9.59 Å². The standard InChI is InChI=1S/C35H44F2N2O5/c1-33(2,3)38(21-23-40)31(43)27-16-10-9-13-25(27)19-20-30(42)35(36,37)29-18-12-11-17-28(29)32(44)39(22-24-41)34(4,5)26-14-7-6-8-15-26/h6-18,30,40-42H,19-24H2,1-5H3. The molecule has 0 spiro atoms. The third-order valence-corrected chi connectivity index (χ3v) is 7.97. The quantitative estimate of drug-likeness (QED) is 0.242. The molecule has 0 radical (unpaired) electrons. The summed E-state index contributed by atoms with van der Waals surface area (Å²) in [5.41, 5.74) is -0.843. The van der Waals surface area contributed by atoms with Gasteiger partial charge in [-0.1, -0.05) is 66.7 Å². The molecule has 0 saturated heterocycles. The van der Waals surface area contributed by atoms with Crippen molar-refractivity contribution >= 4 is 11.8 Å². The molecule has 0 aliphatic heterocycles. The zero-order valence-corrected chi connectivity index (χ0v) is 26.1. The molecule has 0 saturated carbocycles. The van der Waals surface area contributed by atoms with Crippen molar-refractivity contribution in [2.75, 3.05) is 26.3 Å². The fourth-order valence-corrected chi connectivity index (χ4v) is 5.43. The van der Waals surface area contributed by atoms with E-state index < -0.39 is 34.6 Å². The summed E-state index contributed by atoms with van der Waals surface area (Å²) in [6, 6.07) is 21.1. The number of β-amino-alcohol motifs (C(OH)–C–C–N with tert-alkyl or cyclic N) is 1. The van der Waals surface area contributed by atoms with E-state index in [9.17, 15) is 24.9 Å². The summed E-state index contributed by atoms with van der Waals surface area (Å²) >= 11 is 0. The van der Waals surface area contributed by atoms with E-state index in [1.807, 2.05) is 51.1 Å². The van der Waals surface area contributed by atoms with Gasteiger partial charge in [-0.15, -0.1) is 0 Å². The topological polar surface area (TPSA) is 101 Å². The molecule has 238 valence electrons. The summed E-state index contributed by atoms with van der Waals surface area (Å²) in [5, 5.41) is 30.2. The lowest BCUT2D eigenvalue weighted by Crippen LogP contribution is -2.48. The Bertz CT molecular complexity index is 1410. The number of hydrogen-bond acceptors (Lipinski definition) is 5. The second kappa shape index (κ2) is 14.4. The maximum absolute atomic E-state index is 16.0. The number of hydrogen-bond donors (Lipinski definition) is 3. The maximum atomic E-state index is 16.0. The van der Waals surface area contributed by atoms with Crippen LogP contribution in [0.3, 0.4) is 0 Å². The van der Waals surface area contributed by atoms with Crippen molar-refractivity contribution in [2.24, 2.45) is 0 Å². The average molecular weight is 611 g/mol. The molecule has 0 aliphatic carbocycles. The van der Waals surface area contributed by atoms with Gasteiger partial charge in [0.1, 0.15) is 6.10 Å². The van der Waals surface area contributed by atoms with E-state index in [4.69, 9.17) is 0 Å². The Morgan fingerprint density at radius 2 is 1.23 bits per heavy atom. The molecule has 0 heterocycles. The molecule has 0 aromatic heterocycles. The minimum Gasteiger partial charge on any atom is -0.395 e. The summed E-state index contributed by atoms with van der Waals surface area (Å²) in [5.74, 6) is -4.84. The highest BCUT2D eigenvalue weighted by molar-refractivity contribution is 5.97. The van der Waals surface area contributed by atoms with Gasteiger partial charge in [0.2, 0.25) is 0 Å². The Morgan fingerprint density at radius 1 is 0.727 bits per heavy atom. The highest BCUT2D eigenvalue weighted by Crippen LogP contribution is 2.38. The smallest absolute Gasteiger partial charge is 0.299 e. The van der Waals surface area contributed by atoms with Crippen molar-refractivity contribution in [1.82, 2.24) is 9.80 Å². The SMILES string of the molecule is CC(C)(C)N(CCO)C(=O)c1ccccc1CCC(O)C(F)(F)c1ccccc1C(=O)N(CCO)C(C)(C)c1ccccc1. The van der Waals surface area contributed by atoms with Gasteiger partial charge < -0.3 is 25.1 Å². The third kappa shape index (κ3) is 7.70. The van der Waals surface area contributed by atoms with Crippen LogP contribution in [0.4, 0.5) is 8.78 Å². The number of carbonyl (C=O) groups is 2. The van der Waals surface area contributed by atoms with Gasteiger partial charge in [-0.05, 0) is 70.7 Å². The number of carbonyl (C=O) groups excluding carboxylic acids is 2. The fraction of sp³-hybridized carbons (Fsp3) is 0.429. The van der Waals surface area contributed by atoms with Gasteiger partial charge in [0.15, 0.2) is 0 Å². The Morgan fingerprint density at radius 3 is 1.82 bits per heavy atom. The van der Waals surface area contributed by atoms with E-state index >= 15 is 8.78 Å². The van der Waals surface area contributed by atoms with Gasteiger partial charge in [0, 0.05) is 35.3 Å². The first-order valence-corrected chi connectivity index (χ1v) is 14.8. The predicted molar refractivity (Wildman–Crippen MR) is 167 cm³/mol. The van der Waals surface area contributed by atoms with Crippen molar-refractivity contribution in [2.45, 2.75) is 70.6 Å². The largest absolute Gasteiger partial charge is 0.395 e. The van der Waals surface area contributed by atoms with E-state index in [1.54, 1.807) is 38.1 Å². The Kier molecular flexibility index (Phi) is 11.4. The van der Waals surface area contributed by atoms with Crippen molar-refractivity contribution < 1.29 is 33.7 Å². The summed E-state index contributed by atoms with van der Waals surface area (Å²) in [6.07, 6.45) is -2.57. The van der Waals surface area contributed by atoms with Crippen LogP contribution in [-0.4, -0.2) is 74.9 Å². The van der Waals surface area contributed by atoms with Crippen LogP contribution in [0.5, 0.6) is 0 Å². The second-order valence-corrected chi connectivity index (χ2v) is 12.3. The number of aryl methyl sites for hydroxylation is 1. The minimum absolute atomic E-state index is 0.0242. The van der Waals surface area contributed by atoms with Gasteiger partial charge in [-0.2, -0.15) is 8.78 Å². The van der Waals surface area contributed by atoms with Gasteiger partial charge in [-0.25, -0.2) is 0 Å². The molecule has 0 fully saturated rings. The number of halogens is 2. The third-order valence-electron chi connectivity index (χ3n) is 7.97. The normalized spacial score (nSPS) is 13.0. The van der Waals surface area contributed by atoms with Gasteiger partial charge in [0.25, 0.3) is 17.7 Å². The van der Waals surface area contributed by atoms with Crippen molar-refractivity contribution in [3.05, 3.63) is 107 Å². The molecule has 3 rings (SSSR count). The van der Waals surface area contributed by atoms with E-state index in [0.717, 1.165) is 11.6 Å². The zero-order chi connectivity index (χ0) is 32.7. The maximum Gasteiger partial charge on any atom is 0.299 e. The first-order valence-electron chi connectivity index (χ1n) is 14.8. The number of nitrogens with zero attached hydrogens (tertiary/aromatic N) is 2. The summed E-state index contributed by atoms with van der Waals surface area (Å²) in [4.78, 5) is 30.2. The van der Waals surface area contributed by atoms with Crippen LogP contribution in [0.1, 0.15) is 78.4 Å². The first kappa shape index (κ1) is 34.8. The number of aliphatic hydroxyl groups excluding tert-OH is 3. The van der Waals surface area contributed by atoms with Crippen molar-refractivity contribution in [3.63, 3.8) is 0 Å². The molecule has 9 heteroatoms. The summed E-state index contributed by atoms with van der Waals surface area (Å²) in [7, 11) is 0. The number of rotatable bonds is 13. The Balaban J connectivity index is 1.90. The molecule has 44 heavy (non-hydrogen) atoms. The van der Waals surface area contributed by atoms with Crippen LogP contribution in [0.15, 0.2) is 78.9 Å². The van der Waals surface area contributed by atoms with E-state index in [-0.39, 0.29) is 50.6 Å². The van der Waals surface area contributed by atoms with Gasteiger partial charge >= 0.3 is 0 Å². The first-order chi connectivity index (χ1) is 20.7. The van der Waals surface area contributed by atoms with E-state index in [0.29, 0.717) is 11.1 Å². The average Bonchev–Trinajstić information content (AvgIpc) is 3.00. The predicted octanol–water partition coefficient (Wildman–Crippen LogP) is 5.37. The molecule has 3 aromatic rings. The number of amides is 2. The monoisotopic (exact) mass is 610 g/mol. The summed E-state index contributed by atoms with van der Waals surface area (Å²) in [6.45, 7) is 8.51. The molecule has 3 N–H and O–H groups in total. The van der Waals surface area contributed by atoms with Crippen LogP contribution in [0, 0.1) is 0 Å². The molecule has 3 aromatic carbocycles. The zero-order valence-electron chi connectivity index (χ0n) is 26.1. The lowest BCUT2D eigenvalue weighted by molar-refractivity contribution is -0.117. The highest BCUT2D eigenvalue weighted by Gasteiger charge is 2.44. The lowest BCUT2D eigenvalue weighted by atomic mass is 9.89. The number of aliphatic hydroxyl groups is 3. The molecular formula is C35H44F2N2O5. The Labute approximate surface area is 258 Å². The molecule has 2 amide bonds. The Hall–Kier alpha value is -3.66. The molecule has 0 aliphatic rings. The molecule has 7 nitrogen and oxygen atoms in total. The van der Waals surface area contributed by atoms with E-state index in [2.05, 4.69) is 0 Å². The van der Waals surface area contributed by atoms with Crippen LogP contribution in [0.25, 0.3) is 0 Å². The van der Waals surface area contributed by atoms with Crippen LogP contribution < -0.4 is 0 Å². The fourth-order valence-electron chi connectivity index (χ4n) is 5.43. The second-order valence-electron chi connectivity index (χ2n) is 12.3. The lowest BCUT2D eigenvalue weighted by Gasteiger charge is -2.39. The minimum atomic E-state index is -3.80. The van der Waals surface area contributed by atoms with E-state index in [1.165, 1.54) is 28.0 Å². The molecule has 1 atom stereocenters. The van der Waals surface area contributed by atoms with Crippen molar-refractivity contribution in [3.8, 4) is 0 Å². The molecular weight excluding hydrogens is 566 g/mol. The van der Waals surface area contributed by atoms with Crippen LogP contribution >= 0.6 is 0 Å². The van der Waals surface area contributed by atoms with Gasteiger partial charge in [0.05, 0.1) is 18.8 Å². The molecule has 1 unspecified atom stereocenters. The van der Waals surface area contributed by atoms with Crippen LogP contribution in [-0.2, 0) is 17.9 Å². The molecule has 0 bridgehead atoms. The van der Waals surface area contributed by atoms with Crippen molar-refractivity contribution in [1.29, 1.82) is 0 Å². The number of alkyl halides is 2. The number of benzene rings is 3. The summed E-state index contributed by atoms with van der Waals surface area (Å²) < 4.78 is 32.0. The highest BCUT2D eigenvalue weighted by atomic mass is 19.3. The van der Waals surface area contributed by atoms with Crippen LogP contribution in [0.2, 0.25) is 0 Å².